The largest absolute Gasteiger partial charge is 0.367 e. The van der Waals surface area contributed by atoms with Gasteiger partial charge in [-0.3, -0.25) is 0 Å². The van der Waals surface area contributed by atoms with Crippen LogP contribution < -0.4 is 0 Å². The van der Waals surface area contributed by atoms with Crippen molar-refractivity contribution in [3.05, 3.63) is 28.2 Å². The van der Waals surface area contributed by atoms with Crippen LogP contribution in [0.25, 0.3) is 5.65 Å². The molecule has 0 aromatic carbocycles. The van der Waals surface area contributed by atoms with Crippen LogP contribution in [-0.4, -0.2) is 21.0 Å². The van der Waals surface area contributed by atoms with Crippen molar-refractivity contribution in [2.75, 3.05) is 0 Å². The van der Waals surface area contributed by atoms with Crippen LogP contribution in [0.2, 0.25) is 5.15 Å². The number of alkyl halides is 4. The summed E-state index contributed by atoms with van der Waals surface area (Å²) in [5.41, 5.74) is 1.49. The van der Waals surface area contributed by atoms with Gasteiger partial charge in [-0.2, -0.15) is 8.78 Å². The van der Waals surface area contributed by atoms with Crippen molar-refractivity contribution in [1.29, 1.82) is 0 Å². The zero-order valence-corrected chi connectivity index (χ0v) is 10.8. The molecule has 104 valence electrons. The number of rotatable bonds is 3. The lowest BCUT2D eigenvalue weighted by molar-refractivity contribution is -0.140. The van der Waals surface area contributed by atoms with E-state index in [1.807, 2.05) is 6.92 Å². The maximum Gasteiger partial charge on any atom is 0.367 e. The molecule has 0 N–H and O–H groups in total. The van der Waals surface area contributed by atoms with Gasteiger partial charge in [0.15, 0.2) is 5.65 Å². The highest BCUT2D eigenvalue weighted by Crippen LogP contribution is 2.33. The molecule has 0 atom stereocenters. The first-order valence-electron chi connectivity index (χ1n) is 5.50. The first-order valence-corrected chi connectivity index (χ1v) is 5.88. The maximum absolute atomic E-state index is 13.2. The summed E-state index contributed by atoms with van der Waals surface area (Å²) in [6.45, 7) is 3.58. The fraction of sp³-hybridized carbons (Fsp3) is 0.455. The molecule has 0 aliphatic carbocycles. The fourth-order valence-electron chi connectivity index (χ4n) is 1.80. The SMILES string of the molecule is CCc1c(C)cc2nc(C(F)(F)C(F)F)nn2c1Cl. The van der Waals surface area contributed by atoms with E-state index < -0.39 is 18.2 Å². The number of nitrogens with zero attached hydrogens (tertiary/aromatic N) is 3. The first-order chi connectivity index (χ1) is 8.78. The summed E-state index contributed by atoms with van der Waals surface area (Å²) in [6, 6.07) is 1.49. The van der Waals surface area contributed by atoms with Crippen LogP contribution in [0, 0.1) is 6.92 Å². The Hall–Kier alpha value is -1.37. The molecule has 2 heterocycles. The summed E-state index contributed by atoms with van der Waals surface area (Å²) in [4.78, 5) is 3.44. The third-order valence-electron chi connectivity index (χ3n) is 2.81. The Morgan fingerprint density at radius 3 is 2.58 bits per heavy atom. The molecule has 0 aliphatic rings. The van der Waals surface area contributed by atoms with Crippen LogP contribution >= 0.6 is 11.6 Å². The van der Waals surface area contributed by atoms with Crippen molar-refractivity contribution in [1.82, 2.24) is 14.6 Å². The van der Waals surface area contributed by atoms with Crippen molar-refractivity contribution in [3.63, 3.8) is 0 Å². The summed E-state index contributed by atoms with van der Waals surface area (Å²) in [7, 11) is 0. The molecule has 0 saturated carbocycles. The maximum atomic E-state index is 13.2. The number of pyridine rings is 1. The predicted molar refractivity (Wildman–Crippen MR) is 62.0 cm³/mol. The van der Waals surface area contributed by atoms with Gasteiger partial charge in [0.1, 0.15) is 5.15 Å². The van der Waals surface area contributed by atoms with Crippen molar-refractivity contribution in [2.45, 2.75) is 32.6 Å². The normalized spacial score (nSPS) is 12.6. The molecule has 0 saturated heterocycles. The van der Waals surface area contributed by atoms with Crippen LogP contribution in [-0.2, 0) is 12.3 Å². The minimum Gasteiger partial charge on any atom is -0.206 e. The van der Waals surface area contributed by atoms with E-state index in [0.717, 1.165) is 10.1 Å². The number of halogens is 5. The summed E-state index contributed by atoms with van der Waals surface area (Å²) >= 11 is 6.02. The van der Waals surface area contributed by atoms with Crippen LogP contribution in [0.15, 0.2) is 6.07 Å². The number of hydrogen-bond donors (Lipinski definition) is 0. The highest BCUT2D eigenvalue weighted by molar-refractivity contribution is 6.30. The van der Waals surface area contributed by atoms with Gasteiger partial charge in [-0.25, -0.2) is 18.3 Å². The van der Waals surface area contributed by atoms with Gasteiger partial charge in [0.05, 0.1) is 0 Å². The lowest BCUT2D eigenvalue weighted by Gasteiger charge is -2.09. The van der Waals surface area contributed by atoms with Gasteiger partial charge >= 0.3 is 12.3 Å². The van der Waals surface area contributed by atoms with E-state index in [0.29, 0.717) is 12.0 Å². The Kier molecular flexibility index (Phi) is 3.42. The number of fused-ring (bicyclic) bond motifs is 1. The summed E-state index contributed by atoms with van der Waals surface area (Å²) < 4.78 is 51.9. The smallest absolute Gasteiger partial charge is 0.206 e. The second-order valence-electron chi connectivity index (χ2n) is 4.08. The van der Waals surface area contributed by atoms with Crippen molar-refractivity contribution in [3.8, 4) is 0 Å². The van der Waals surface area contributed by atoms with Crippen molar-refractivity contribution >= 4 is 17.2 Å². The molecule has 0 bridgehead atoms. The molecular formula is C11H10ClF4N3. The molecule has 0 fully saturated rings. The molecule has 19 heavy (non-hydrogen) atoms. The van der Waals surface area contributed by atoms with Gasteiger partial charge in [-0.15, -0.1) is 5.10 Å². The second kappa shape index (κ2) is 4.63. The minimum absolute atomic E-state index is 0.0232. The molecule has 0 amide bonds. The van der Waals surface area contributed by atoms with Gasteiger partial charge < -0.3 is 0 Å². The average Bonchev–Trinajstić information content (AvgIpc) is 2.73. The van der Waals surface area contributed by atoms with Crippen LogP contribution in [0.1, 0.15) is 23.9 Å². The topological polar surface area (TPSA) is 30.2 Å². The molecule has 3 nitrogen and oxygen atoms in total. The summed E-state index contributed by atoms with van der Waals surface area (Å²) in [5.74, 6) is -5.62. The van der Waals surface area contributed by atoms with E-state index in [-0.39, 0.29) is 10.8 Å². The van der Waals surface area contributed by atoms with Crippen LogP contribution in [0.4, 0.5) is 17.6 Å². The Bertz CT molecular complexity index is 624. The van der Waals surface area contributed by atoms with E-state index >= 15 is 0 Å². The number of hydrogen-bond acceptors (Lipinski definition) is 2. The van der Waals surface area contributed by atoms with E-state index in [1.54, 1.807) is 6.92 Å². The van der Waals surface area contributed by atoms with E-state index in [2.05, 4.69) is 10.1 Å². The van der Waals surface area contributed by atoms with Gasteiger partial charge in [-0.05, 0) is 30.5 Å². The fourth-order valence-corrected chi connectivity index (χ4v) is 2.20. The van der Waals surface area contributed by atoms with E-state index in [9.17, 15) is 17.6 Å². The third kappa shape index (κ3) is 2.16. The van der Waals surface area contributed by atoms with Gasteiger partial charge in [0.25, 0.3) is 0 Å². The van der Waals surface area contributed by atoms with E-state index in [4.69, 9.17) is 11.6 Å². The number of aryl methyl sites for hydroxylation is 1. The third-order valence-corrected chi connectivity index (χ3v) is 3.20. The molecule has 0 unspecified atom stereocenters. The Morgan fingerprint density at radius 2 is 2.05 bits per heavy atom. The molecule has 8 heteroatoms. The molecule has 0 radical (unpaired) electrons. The molecule has 2 aromatic rings. The molecule has 2 rings (SSSR count). The van der Waals surface area contributed by atoms with Gasteiger partial charge in [-0.1, -0.05) is 18.5 Å². The lowest BCUT2D eigenvalue weighted by atomic mass is 10.1. The van der Waals surface area contributed by atoms with Gasteiger partial charge in [0.2, 0.25) is 5.82 Å². The summed E-state index contributed by atoms with van der Waals surface area (Å²) in [6.07, 6.45) is -3.29. The quantitative estimate of drug-likeness (QED) is 0.639. The predicted octanol–water partition coefficient (Wildman–Crippen LogP) is 3.61. The van der Waals surface area contributed by atoms with Crippen LogP contribution in [0.5, 0.6) is 0 Å². The highest BCUT2D eigenvalue weighted by Gasteiger charge is 2.47. The molecular weight excluding hydrogens is 286 g/mol. The van der Waals surface area contributed by atoms with E-state index in [1.165, 1.54) is 6.07 Å². The average molecular weight is 296 g/mol. The van der Waals surface area contributed by atoms with Crippen molar-refractivity contribution < 1.29 is 17.6 Å². The lowest BCUT2D eigenvalue weighted by Crippen LogP contribution is -2.25. The molecule has 2 aromatic heterocycles. The minimum atomic E-state index is -4.39. The zero-order chi connectivity index (χ0) is 14.4. The molecule has 0 aliphatic heterocycles. The zero-order valence-electron chi connectivity index (χ0n) is 10.1. The van der Waals surface area contributed by atoms with Gasteiger partial charge in [0, 0.05) is 0 Å². The first kappa shape index (κ1) is 14.0. The Morgan fingerprint density at radius 1 is 1.42 bits per heavy atom. The monoisotopic (exact) mass is 295 g/mol. The van der Waals surface area contributed by atoms with Crippen LogP contribution in [0.3, 0.4) is 0 Å². The van der Waals surface area contributed by atoms with Crippen molar-refractivity contribution in [2.24, 2.45) is 0 Å². The summed E-state index contributed by atoms with van der Waals surface area (Å²) in [5, 5.41) is 3.51. The second-order valence-corrected chi connectivity index (χ2v) is 4.44. The highest BCUT2D eigenvalue weighted by atomic mass is 35.5. The number of aromatic nitrogens is 3. The molecule has 0 spiro atoms. The Balaban J connectivity index is 2.68. The Labute approximate surface area is 111 Å². The standard InChI is InChI=1S/C11H10ClF4N3/c1-3-6-5(2)4-7-17-10(11(15,16)9(13)14)18-19(7)8(6)12/h4,9H,3H2,1-2H3.